The maximum absolute atomic E-state index is 10.7. The van der Waals surface area contributed by atoms with Gasteiger partial charge in [0.25, 0.3) is 5.91 Å². The largest absolute Gasteiger partial charge is 0.391 e. The SMILES string of the molecule is COCC(O)CCNc1ccc(C(N)=O)nn1. The first-order valence-corrected chi connectivity index (χ1v) is 5.18. The van der Waals surface area contributed by atoms with Crippen LogP contribution in [0.15, 0.2) is 12.1 Å². The molecule has 1 amide bonds. The maximum atomic E-state index is 10.7. The molecule has 1 atom stereocenters. The van der Waals surface area contributed by atoms with E-state index in [1.54, 1.807) is 6.07 Å². The standard InChI is InChI=1S/C10H16N4O3/c1-17-6-7(15)4-5-12-9-3-2-8(10(11)16)13-14-9/h2-3,7,15H,4-6H2,1H3,(H2,11,16)(H,12,14). The van der Waals surface area contributed by atoms with Gasteiger partial charge in [-0.15, -0.1) is 10.2 Å². The first-order valence-electron chi connectivity index (χ1n) is 5.18. The highest BCUT2D eigenvalue weighted by molar-refractivity contribution is 5.90. The van der Waals surface area contributed by atoms with Crippen molar-refractivity contribution in [1.82, 2.24) is 10.2 Å². The number of primary amides is 1. The molecule has 0 aliphatic rings. The fourth-order valence-electron chi connectivity index (χ4n) is 1.20. The summed E-state index contributed by atoms with van der Waals surface area (Å²) in [7, 11) is 1.53. The molecule has 0 bridgehead atoms. The van der Waals surface area contributed by atoms with Gasteiger partial charge >= 0.3 is 0 Å². The number of amides is 1. The zero-order valence-corrected chi connectivity index (χ0v) is 9.59. The summed E-state index contributed by atoms with van der Waals surface area (Å²) < 4.78 is 4.79. The molecular weight excluding hydrogens is 224 g/mol. The van der Waals surface area contributed by atoms with Crippen LogP contribution in [0.4, 0.5) is 5.82 Å². The number of nitrogens with one attached hydrogen (secondary N) is 1. The maximum Gasteiger partial charge on any atom is 0.269 e. The van der Waals surface area contributed by atoms with Crippen LogP contribution < -0.4 is 11.1 Å². The lowest BCUT2D eigenvalue weighted by Crippen LogP contribution is -2.19. The molecule has 0 saturated heterocycles. The summed E-state index contributed by atoms with van der Waals surface area (Å²) in [6.07, 6.45) is 0.0259. The van der Waals surface area contributed by atoms with Gasteiger partial charge in [0.05, 0.1) is 12.7 Å². The van der Waals surface area contributed by atoms with Crippen LogP contribution >= 0.6 is 0 Å². The fourth-order valence-corrected chi connectivity index (χ4v) is 1.20. The number of carbonyl (C=O) groups is 1. The van der Waals surface area contributed by atoms with Crippen molar-refractivity contribution >= 4 is 11.7 Å². The van der Waals surface area contributed by atoms with Gasteiger partial charge < -0.3 is 20.9 Å². The van der Waals surface area contributed by atoms with Gasteiger partial charge in [0.1, 0.15) is 5.82 Å². The summed E-state index contributed by atoms with van der Waals surface area (Å²) in [5.74, 6) is -0.0841. The van der Waals surface area contributed by atoms with Crippen molar-refractivity contribution < 1.29 is 14.6 Å². The number of aliphatic hydroxyl groups excluding tert-OH is 1. The number of rotatable bonds is 7. The molecule has 0 aliphatic carbocycles. The zero-order chi connectivity index (χ0) is 12.7. The summed E-state index contributed by atoms with van der Waals surface area (Å²) in [5.41, 5.74) is 5.15. The lowest BCUT2D eigenvalue weighted by molar-refractivity contribution is 0.0615. The van der Waals surface area contributed by atoms with Crippen molar-refractivity contribution in [2.24, 2.45) is 5.73 Å². The third kappa shape index (κ3) is 4.75. The lowest BCUT2D eigenvalue weighted by Gasteiger charge is -2.09. The second kappa shape index (κ2) is 6.77. The Morgan fingerprint density at radius 2 is 2.35 bits per heavy atom. The van der Waals surface area contributed by atoms with Gasteiger partial charge in [-0.1, -0.05) is 0 Å². The number of nitrogens with zero attached hydrogens (tertiary/aromatic N) is 2. The van der Waals surface area contributed by atoms with E-state index < -0.39 is 12.0 Å². The minimum absolute atomic E-state index is 0.120. The first kappa shape index (κ1) is 13.3. The van der Waals surface area contributed by atoms with E-state index in [9.17, 15) is 9.90 Å². The average molecular weight is 240 g/mol. The highest BCUT2D eigenvalue weighted by Crippen LogP contribution is 2.02. The fraction of sp³-hybridized carbons (Fsp3) is 0.500. The second-order valence-corrected chi connectivity index (χ2v) is 3.49. The third-order valence-corrected chi connectivity index (χ3v) is 2.06. The average Bonchev–Trinajstić information content (AvgIpc) is 2.30. The van der Waals surface area contributed by atoms with E-state index in [1.807, 2.05) is 0 Å². The summed E-state index contributed by atoms with van der Waals surface area (Å²) >= 11 is 0. The Bertz CT molecular complexity index is 355. The van der Waals surface area contributed by atoms with Gasteiger partial charge in [-0.25, -0.2) is 0 Å². The number of methoxy groups -OCH3 is 1. The topological polar surface area (TPSA) is 110 Å². The number of hydrogen-bond donors (Lipinski definition) is 3. The Balaban J connectivity index is 2.34. The molecule has 1 rings (SSSR count). The molecule has 1 heterocycles. The number of hydrogen-bond acceptors (Lipinski definition) is 6. The molecule has 0 saturated carbocycles. The summed E-state index contributed by atoms with van der Waals surface area (Å²) in [6.45, 7) is 0.836. The van der Waals surface area contributed by atoms with Crippen LogP contribution in [0, 0.1) is 0 Å². The summed E-state index contributed by atoms with van der Waals surface area (Å²) in [4.78, 5) is 10.7. The molecule has 17 heavy (non-hydrogen) atoms. The van der Waals surface area contributed by atoms with Gasteiger partial charge in [-0.2, -0.15) is 0 Å². The van der Waals surface area contributed by atoms with E-state index in [4.69, 9.17) is 10.5 Å². The molecule has 1 unspecified atom stereocenters. The summed E-state index contributed by atoms with van der Waals surface area (Å²) in [5, 5.41) is 19.7. The van der Waals surface area contributed by atoms with Gasteiger partial charge in [0.15, 0.2) is 5.69 Å². The number of ether oxygens (including phenoxy) is 1. The Hall–Kier alpha value is -1.73. The van der Waals surface area contributed by atoms with Crippen LogP contribution in [0.25, 0.3) is 0 Å². The van der Waals surface area contributed by atoms with Crippen LogP contribution in [0.1, 0.15) is 16.9 Å². The minimum atomic E-state index is -0.612. The van der Waals surface area contributed by atoms with Crippen molar-refractivity contribution in [2.75, 3.05) is 25.6 Å². The van der Waals surface area contributed by atoms with E-state index >= 15 is 0 Å². The van der Waals surface area contributed by atoms with Crippen molar-refractivity contribution in [2.45, 2.75) is 12.5 Å². The molecule has 4 N–H and O–H groups in total. The quantitative estimate of drug-likeness (QED) is 0.586. The Kier molecular flexibility index (Phi) is 5.31. The molecule has 0 fully saturated rings. The van der Waals surface area contributed by atoms with Gasteiger partial charge in [0.2, 0.25) is 0 Å². The van der Waals surface area contributed by atoms with Crippen molar-refractivity contribution in [3.63, 3.8) is 0 Å². The highest BCUT2D eigenvalue weighted by Gasteiger charge is 2.04. The number of anilines is 1. The van der Waals surface area contributed by atoms with E-state index in [1.165, 1.54) is 13.2 Å². The minimum Gasteiger partial charge on any atom is -0.391 e. The molecular formula is C10H16N4O3. The van der Waals surface area contributed by atoms with Crippen molar-refractivity contribution in [3.05, 3.63) is 17.8 Å². The predicted molar refractivity (Wildman–Crippen MR) is 61.5 cm³/mol. The van der Waals surface area contributed by atoms with Crippen LogP contribution in [0.5, 0.6) is 0 Å². The molecule has 0 aliphatic heterocycles. The number of carbonyl (C=O) groups excluding carboxylic acids is 1. The van der Waals surface area contributed by atoms with E-state index in [2.05, 4.69) is 15.5 Å². The van der Waals surface area contributed by atoms with E-state index in [0.29, 0.717) is 25.4 Å². The van der Waals surface area contributed by atoms with E-state index in [-0.39, 0.29) is 5.69 Å². The van der Waals surface area contributed by atoms with Gasteiger partial charge in [-0.05, 0) is 18.6 Å². The normalized spacial score (nSPS) is 12.1. The van der Waals surface area contributed by atoms with Crippen molar-refractivity contribution in [1.29, 1.82) is 0 Å². The van der Waals surface area contributed by atoms with Crippen molar-refractivity contribution in [3.8, 4) is 0 Å². The third-order valence-electron chi connectivity index (χ3n) is 2.06. The highest BCUT2D eigenvalue weighted by atomic mass is 16.5. The van der Waals surface area contributed by atoms with E-state index in [0.717, 1.165) is 0 Å². The Labute approximate surface area is 99.0 Å². The number of aromatic nitrogens is 2. The number of nitrogens with two attached hydrogens (primary N) is 1. The lowest BCUT2D eigenvalue weighted by atomic mass is 10.2. The molecule has 94 valence electrons. The number of aliphatic hydroxyl groups is 1. The molecule has 0 spiro atoms. The van der Waals surface area contributed by atoms with Gasteiger partial charge in [0, 0.05) is 13.7 Å². The molecule has 1 aromatic rings. The van der Waals surface area contributed by atoms with Crippen LogP contribution in [-0.2, 0) is 4.74 Å². The monoisotopic (exact) mass is 240 g/mol. The van der Waals surface area contributed by atoms with Crippen LogP contribution in [0.3, 0.4) is 0 Å². The summed E-state index contributed by atoms with van der Waals surface area (Å²) in [6, 6.07) is 3.10. The molecule has 0 radical (unpaired) electrons. The second-order valence-electron chi connectivity index (χ2n) is 3.49. The molecule has 1 aromatic heterocycles. The first-order chi connectivity index (χ1) is 8.13. The molecule has 7 nitrogen and oxygen atoms in total. The zero-order valence-electron chi connectivity index (χ0n) is 9.59. The smallest absolute Gasteiger partial charge is 0.269 e. The Morgan fingerprint density at radius 3 is 2.88 bits per heavy atom. The predicted octanol–water partition coefficient (Wildman–Crippen LogP) is -0.615. The molecule has 0 aromatic carbocycles. The Morgan fingerprint density at radius 1 is 1.59 bits per heavy atom. The van der Waals surface area contributed by atoms with Crippen LogP contribution in [0.2, 0.25) is 0 Å². The van der Waals surface area contributed by atoms with Gasteiger partial charge in [-0.3, -0.25) is 4.79 Å². The molecule has 7 heteroatoms. The van der Waals surface area contributed by atoms with Crippen LogP contribution in [-0.4, -0.2) is 47.6 Å².